The van der Waals surface area contributed by atoms with Crippen molar-refractivity contribution in [3.05, 3.63) is 36.5 Å². The first-order valence-electron chi connectivity index (χ1n) is 6.58. The van der Waals surface area contributed by atoms with E-state index in [-0.39, 0.29) is 5.41 Å². The third-order valence-corrected chi connectivity index (χ3v) is 3.95. The van der Waals surface area contributed by atoms with Crippen molar-refractivity contribution in [1.82, 2.24) is 4.98 Å². The maximum atomic E-state index is 4.38. The fourth-order valence-corrected chi connectivity index (χ4v) is 1.78. The van der Waals surface area contributed by atoms with E-state index < -0.39 is 0 Å². The van der Waals surface area contributed by atoms with Gasteiger partial charge in [-0.3, -0.25) is 4.98 Å². The van der Waals surface area contributed by atoms with Crippen LogP contribution in [-0.2, 0) is 0 Å². The van der Waals surface area contributed by atoms with Gasteiger partial charge in [-0.25, -0.2) is 0 Å². The van der Waals surface area contributed by atoms with Crippen molar-refractivity contribution in [2.75, 3.05) is 11.9 Å². The Bertz CT molecular complexity index is 524. The second-order valence-electron chi connectivity index (χ2n) is 5.87. The molecule has 0 saturated heterocycles. The van der Waals surface area contributed by atoms with Crippen molar-refractivity contribution in [3.8, 4) is 0 Å². The van der Waals surface area contributed by atoms with Crippen LogP contribution in [0.1, 0.15) is 27.7 Å². The lowest BCUT2D eigenvalue weighted by Gasteiger charge is -2.30. The highest BCUT2D eigenvalue weighted by Gasteiger charge is 2.22. The highest BCUT2D eigenvalue weighted by atomic mass is 14.9. The topological polar surface area (TPSA) is 24.9 Å². The number of anilines is 1. The molecule has 2 heteroatoms. The van der Waals surface area contributed by atoms with E-state index in [1.807, 2.05) is 18.3 Å². The van der Waals surface area contributed by atoms with Crippen LogP contribution in [0, 0.1) is 11.3 Å². The summed E-state index contributed by atoms with van der Waals surface area (Å²) in [5, 5.41) is 4.76. The smallest absolute Gasteiger partial charge is 0.0722 e. The first-order chi connectivity index (χ1) is 8.50. The van der Waals surface area contributed by atoms with Gasteiger partial charge in [-0.2, -0.15) is 0 Å². The molecule has 1 heterocycles. The van der Waals surface area contributed by atoms with E-state index in [0.717, 1.165) is 12.1 Å². The minimum atomic E-state index is 0.282. The van der Waals surface area contributed by atoms with Crippen molar-refractivity contribution >= 4 is 16.6 Å². The minimum absolute atomic E-state index is 0.282. The van der Waals surface area contributed by atoms with E-state index in [1.54, 1.807) is 0 Å². The number of nitrogens with one attached hydrogen (secondary N) is 1. The van der Waals surface area contributed by atoms with Crippen molar-refractivity contribution in [2.24, 2.45) is 11.3 Å². The molecular formula is C16H22N2. The second-order valence-corrected chi connectivity index (χ2v) is 5.87. The summed E-state index contributed by atoms with van der Waals surface area (Å²) in [6, 6.07) is 10.3. The Kier molecular flexibility index (Phi) is 3.55. The minimum Gasteiger partial charge on any atom is -0.384 e. The average molecular weight is 242 g/mol. The molecule has 0 bridgehead atoms. The molecule has 0 atom stereocenters. The molecule has 2 nitrogen and oxygen atoms in total. The number of hydrogen-bond acceptors (Lipinski definition) is 2. The lowest BCUT2D eigenvalue weighted by Crippen LogP contribution is -2.28. The van der Waals surface area contributed by atoms with Crippen molar-refractivity contribution < 1.29 is 0 Å². The van der Waals surface area contributed by atoms with Crippen LogP contribution in [0.25, 0.3) is 10.9 Å². The zero-order valence-corrected chi connectivity index (χ0v) is 11.7. The predicted molar refractivity (Wildman–Crippen MR) is 78.9 cm³/mol. The summed E-state index contributed by atoms with van der Waals surface area (Å²) < 4.78 is 0. The van der Waals surface area contributed by atoms with Gasteiger partial charge >= 0.3 is 0 Å². The third kappa shape index (κ3) is 2.63. The molecule has 0 amide bonds. The Labute approximate surface area is 109 Å². The summed E-state index contributed by atoms with van der Waals surface area (Å²) in [5.41, 5.74) is 2.50. The van der Waals surface area contributed by atoms with Crippen LogP contribution in [0.3, 0.4) is 0 Å². The van der Waals surface area contributed by atoms with Gasteiger partial charge in [0.1, 0.15) is 0 Å². The van der Waals surface area contributed by atoms with E-state index in [1.165, 1.54) is 11.1 Å². The number of para-hydroxylation sites is 1. The van der Waals surface area contributed by atoms with Crippen LogP contribution in [0.4, 0.5) is 5.69 Å². The first-order valence-corrected chi connectivity index (χ1v) is 6.58. The van der Waals surface area contributed by atoms with Gasteiger partial charge in [0.25, 0.3) is 0 Å². The zero-order valence-electron chi connectivity index (χ0n) is 11.7. The largest absolute Gasteiger partial charge is 0.384 e. The number of nitrogens with zero attached hydrogens (tertiary/aromatic N) is 1. The Hall–Kier alpha value is -1.57. The highest BCUT2D eigenvalue weighted by Crippen LogP contribution is 2.28. The summed E-state index contributed by atoms with van der Waals surface area (Å²) in [7, 11) is 0. The molecule has 2 aromatic rings. The molecule has 0 saturated carbocycles. The number of aromatic nitrogens is 1. The molecule has 0 fully saturated rings. The first kappa shape index (κ1) is 12.9. The third-order valence-electron chi connectivity index (χ3n) is 3.95. The molecule has 0 spiro atoms. The molecule has 0 aliphatic carbocycles. The predicted octanol–water partition coefficient (Wildman–Crippen LogP) is 4.33. The monoisotopic (exact) mass is 242 g/mol. The van der Waals surface area contributed by atoms with Gasteiger partial charge in [0.2, 0.25) is 0 Å². The fourth-order valence-electron chi connectivity index (χ4n) is 1.78. The number of pyridine rings is 1. The van der Waals surface area contributed by atoms with Gasteiger partial charge < -0.3 is 5.32 Å². The second kappa shape index (κ2) is 4.97. The van der Waals surface area contributed by atoms with E-state index in [4.69, 9.17) is 0 Å². The maximum Gasteiger partial charge on any atom is 0.0722 e. The quantitative estimate of drug-likeness (QED) is 0.863. The molecule has 1 aromatic heterocycles. The Morgan fingerprint density at radius 3 is 2.61 bits per heavy atom. The molecule has 0 unspecified atom stereocenters. The van der Waals surface area contributed by atoms with Crippen LogP contribution < -0.4 is 5.32 Å². The van der Waals surface area contributed by atoms with Gasteiger partial charge in [-0.1, -0.05) is 45.9 Å². The van der Waals surface area contributed by atoms with Crippen molar-refractivity contribution in [1.29, 1.82) is 0 Å². The molecular weight excluding hydrogens is 220 g/mol. The van der Waals surface area contributed by atoms with Crippen molar-refractivity contribution in [3.63, 3.8) is 0 Å². The maximum absolute atomic E-state index is 4.38. The van der Waals surface area contributed by atoms with E-state index in [2.05, 4.69) is 56.2 Å². The van der Waals surface area contributed by atoms with Gasteiger partial charge in [-0.15, -0.1) is 0 Å². The number of rotatable bonds is 4. The highest BCUT2D eigenvalue weighted by molar-refractivity contribution is 5.90. The average Bonchev–Trinajstić information content (AvgIpc) is 2.36. The van der Waals surface area contributed by atoms with Crippen molar-refractivity contribution in [2.45, 2.75) is 27.7 Å². The standard InChI is InChI=1S/C16H22N2/c1-12(2)16(3,4)11-18-15-9-10-17-14-8-6-5-7-13(14)15/h5-10,12H,11H2,1-4H3,(H,17,18). The van der Waals surface area contributed by atoms with Crippen LogP contribution in [0.5, 0.6) is 0 Å². The Morgan fingerprint density at radius 1 is 1.17 bits per heavy atom. The molecule has 1 aromatic carbocycles. The summed E-state index contributed by atoms with van der Waals surface area (Å²) in [6.07, 6.45) is 1.87. The number of fused-ring (bicyclic) bond motifs is 1. The fraction of sp³-hybridized carbons (Fsp3) is 0.438. The molecule has 2 rings (SSSR count). The summed E-state index contributed by atoms with van der Waals surface area (Å²) in [6.45, 7) is 10.1. The molecule has 0 radical (unpaired) electrons. The molecule has 18 heavy (non-hydrogen) atoms. The summed E-state index contributed by atoms with van der Waals surface area (Å²) >= 11 is 0. The normalized spacial score (nSPS) is 12.1. The van der Waals surface area contributed by atoms with Gasteiger partial charge in [0.15, 0.2) is 0 Å². The van der Waals surface area contributed by atoms with Gasteiger partial charge in [0.05, 0.1) is 5.52 Å². The lowest BCUT2D eigenvalue weighted by molar-refractivity contribution is 0.270. The molecule has 96 valence electrons. The van der Waals surface area contributed by atoms with Crippen LogP contribution in [-0.4, -0.2) is 11.5 Å². The Balaban J connectivity index is 2.22. The van der Waals surface area contributed by atoms with Crippen LogP contribution in [0.15, 0.2) is 36.5 Å². The van der Waals surface area contributed by atoms with E-state index in [0.29, 0.717) is 5.92 Å². The van der Waals surface area contributed by atoms with E-state index in [9.17, 15) is 0 Å². The summed E-state index contributed by atoms with van der Waals surface area (Å²) in [4.78, 5) is 4.38. The molecule has 1 N–H and O–H groups in total. The summed E-state index contributed by atoms with van der Waals surface area (Å²) in [5.74, 6) is 0.651. The van der Waals surface area contributed by atoms with Gasteiger partial charge in [0, 0.05) is 23.8 Å². The van der Waals surface area contributed by atoms with Crippen LogP contribution in [0.2, 0.25) is 0 Å². The Morgan fingerprint density at radius 2 is 1.89 bits per heavy atom. The zero-order chi connectivity index (χ0) is 13.2. The van der Waals surface area contributed by atoms with Crippen LogP contribution >= 0.6 is 0 Å². The van der Waals surface area contributed by atoms with Gasteiger partial charge in [-0.05, 0) is 23.5 Å². The lowest BCUT2D eigenvalue weighted by atomic mass is 9.81. The van der Waals surface area contributed by atoms with E-state index >= 15 is 0 Å². The molecule has 0 aliphatic rings. The SMILES string of the molecule is CC(C)C(C)(C)CNc1ccnc2ccccc12. The molecule has 0 aliphatic heterocycles. The number of hydrogen-bond donors (Lipinski definition) is 1. The number of benzene rings is 1.